The number of nitrogens with one attached hydrogen (secondary N) is 2. The van der Waals surface area contributed by atoms with Gasteiger partial charge in [-0.3, -0.25) is 10.1 Å². The summed E-state index contributed by atoms with van der Waals surface area (Å²) in [5.74, 6) is -0.409. The number of thiocarbonyl (C=S) groups is 1. The zero-order chi connectivity index (χ0) is 20.4. The number of amides is 1. The highest BCUT2D eigenvalue weighted by molar-refractivity contribution is 7.80. The maximum Gasteiger partial charge on any atom is 0.257 e. The van der Waals surface area contributed by atoms with Crippen LogP contribution in [0.15, 0.2) is 65.2 Å². The SMILES string of the molecule is Cc1ccc(-c2nc3ncccc3o2)cc1NC(=S)NC(=O)c1ccc(F)cc1. The summed E-state index contributed by atoms with van der Waals surface area (Å²) in [6.07, 6.45) is 1.65. The van der Waals surface area contributed by atoms with Crippen molar-refractivity contribution in [1.29, 1.82) is 0 Å². The van der Waals surface area contributed by atoms with E-state index in [0.717, 1.165) is 11.1 Å². The molecule has 2 aromatic carbocycles. The third-order valence-corrected chi connectivity index (χ3v) is 4.44. The van der Waals surface area contributed by atoms with Gasteiger partial charge in [0.25, 0.3) is 5.91 Å². The number of benzene rings is 2. The summed E-state index contributed by atoms with van der Waals surface area (Å²) >= 11 is 5.24. The number of oxazole rings is 1. The Morgan fingerprint density at radius 1 is 1.14 bits per heavy atom. The standard InChI is InChI=1S/C21H15FN4O2S/c1-12-4-5-14(20-25-18-17(28-20)3-2-10-23-18)11-16(12)24-21(29)26-19(27)13-6-8-15(22)9-7-13/h2-11H,1H3,(H2,24,26,27,29). The van der Waals surface area contributed by atoms with E-state index < -0.39 is 11.7 Å². The molecule has 0 aliphatic carbocycles. The Morgan fingerprint density at radius 3 is 2.69 bits per heavy atom. The maximum atomic E-state index is 13.0. The van der Waals surface area contributed by atoms with Crippen molar-refractivity contribution in [1.82, 2.24) is 15.3 Å². The molecule has 0 spiro atoms. The minimum absolute atomic E-state index is 0.124. The largest absolute Gasteiger partial charge is 0.434 e. The summed E-state index contributed by atoms with van der Waals surface area (Å²) in [6, 6.07) is 14.4. The third-order valence-electron chi connectivity index (χ3n) is 4.23. The average Bonchev–Trinajstić information content (AvgIpc) is 3.14. The quantitative estimate of drug-likeness (QED) is 0.489. The highest BCUT2D eigenvalue weighted by atomic mass is 32.1. The van der Waals surface area contributed by atoms with Crippen LogP contribution in [0.2, 0.25) is 0 Å². The number of pyridine rings is 1. The zero-order valence-corrected chi connectivity index (χ0v) is 16.1. The Kier molecular flexibility index (Phi) is 5.01. The number of rotatable bonds is 3. The van der Waals surface area contributed by atoms with Crippen LogP contribution in [0, 0.1) is 12.7 Å². The summed E-state index contributed by atoms with van der Waals surface area (Å²) in [4.78, 5) is 20.8. The fourth-order valence-electron chi connectivity index (χ4n) is 2.71. The van der Waals surface area contributed by atoms with E-state index in [4.69, 9.17) is 16.6 Å². The van der Waals surface area contributed by atoms with E-state index in [2.05, 4.69) is 20.6 Å². The first-order chi connectivity index (χ1) is 14.0. The number of aromatic nitrogens is 2. The van der Waals surface area contributed by atoms with Crippen molar-refractivity contribution < 1.29 is 13.6 Å². The van der Waals surface area contributed by atoms with Gasteiger partial charge in [-0.05, 0) is 73.2 Å². The monoisotopic (exact) mass is 406 g/mol. The number of hydrogen-bond acceptors (Lipinski definition) is 5. The number of carbonyl (C=O) groups is 1. The lowest BCUT2D eigenvalue weighted by atomic mass is 10.1. The van der Waals surface area contributed by atoms with Crippen LogP contribution in [-0.4, -0.2) is 21.0 Å². The predicted octanol–water partition coefficient (Wildman–Crippen LogP) is 4.46. The van der Waals surface area contributed by atoms with E-state index in [-0.39, 0.29) is 5.11 Å². The van der Waals surface area contributed by atoms with E-state index in [9.17, 15) is 9.18 Å². The van der Waals surface area contributed by atoms with Gasteiger partial charge in [-0.25, -0.2) is 9.37 Å². The van der Waals surface area contributed by atoms with Crippen LogP contribution >= 0.6 is 12.2 Å². The second kappa shape index (κ2) is 7.76. The Bertz CT molecular complexity index is 1190. The molecule has 0 bridgehead atoms. The molecule has 1 amide bonds. The predicted molar refractivity (Wildman–Crippen MR) is 112 cm³/mol. The third kappa shape index (κ3) is 4.12. The molecule has 6 nitrogen and oxygen atoms in total. The van der Waals surface area contributed by atoms with Gasteiger partial charge in [0.05, 0.1) is 0 Å². The van der Waals surface area contributed by atoms with E-state index in [1.807, 2.05) is 25.1 Å². The molecule has 0 fully saturated rings. The maximum absolute atomic E-state index is 13.0. The van der Waals surface area contributed by atoms with Crippen molar-refractivity contribution in [2.45, 2.75) is 6.92 Å². The lowest BCUT2D eigenvalue weighted by Crippen LogP contribution is -2.34. The molecule has 0 atom stereocenters. The van der Waals surface area contributed by atoms with Crippen LogP contribution in [0.5, 0.6) is 0 Å². The molecule has 0 aliphatic heterocycles. The van der Waals surface area contributed by atoms with Crippen LogP contribution in [-0.2, 0) is 0 Å². The number of carbonyl (C=O) groups excluding carboxylic acids is 1. The van der Waals surface area contributed by atoms with Gasteiger partial charge >= 0.3 is 0 Å². The molecule has 2 heterocycles. The van der Waals surface area contributed by atoms with Crippen molar-refractivity contribution >= 4 is 40.2 Å². The fourth-order valence-corrected chi connectivity index (χ4v) is 2.91. The molecular formula is C21H15FN4O2S. The van der Waals surface area contributed by atoms with Crippen molar-refractivity contribution in [3.05, 3.63) is 77.7 Å². The summed E-state index contributed by atoms with van der Waals surface area (Å²) in [5, 5.41) is 5.71. The molecule has 0 saturated carbocycles. The summed E-state index contributed by atoms with van der Waals surface area (Å²) in [5.41, 5.74) is 3.78. The summed E-state index contributed by atoms with van der Waals surface area (Å²) < 4.78 is 18.8. The highest BCUT2D eigenvalue weighted by Gasteiger charge is 2.12. The average molecular weight is 406 g/mol. The van der Waals surface area contributed by atoms with Gasteiger partial charge < -0.3 is 9.73 Å². The molecule has 0 saturated heterocycles. The zero-order valence-electron chi connectivity index (χ0n) is 15.3. The fraction of sp³-hybridized carbons (Fsp3) is 0.0476. The minimum atomic E-state index is -0.429. The molecule has 144 valence electrons. The number of hydrogen-bond donors (Lipinski definition) is 2. The van der Waals surface area contributed by atoms with E-state index in [1.54, 1.807) is 18.3 Å². The lowest BCUT2D eigenvalue weighted by Gasteiger charge is -2.12. The molecule has 4 aromatic rings. The van der Waals surface area contributed by atoms with Crippen molar-refractivity contribution in [2.75, 3.05) is 5.32 Å². The molecule has 2 N–H and O–H groups in total. The number of nitrogens with zero attached hydrogens (tertiary/aromatic N) is 2. The molecule has 0 unspecified atom stereocenters. The van der Waals surface area contributed by atoms with Crippen LogP contribution in [0.3, 0.4) is 0 Å². The van der Waals surface area contributed by atoms with Crippen LogP contribution < -0.4 is 10.6 Å². The molecule has 4 rings (SSSR count). The van der Waals surface area contributed by atoms with Gasteiger partial charge in [0.15, 0.2) is 16.3 Å². The first-order valence-electron chi connectivity index (χ1n) is 8.70. The second-order valence-corrected chi connectivity index (χ2v) is 6.70. The summed E-state index contributed by atoms with van der Waals surface area (Å²) in [7, 11) is 0. The molecule has 0 aliphatic rings. The Labute approximate surface area is 170 Å². The van der Waals surface area contributed by atoms with E-state index >= 15 is 0 Å². The minimum Gasteiger partial charge on any atom is -0.434 e. The molecule has 0 radical (unpaired) electrons. The molecular weight excluding hydrogens is 391 g/mol. The Hall–Kier alpha value is -3.65. The van der Waals surface area contributed by atoms with Crippen LogP contribution in [0.1, 0.15) is 15.9 Å². The first-order valence-corrected chi connectivity index (χ1v) is 9.11. The highest BCUT2D eigenvalue weighted by Crippen LogP contribution is 2.27. The van der Waals surface area contributed by atoms with Gasteiger partial charge in [0, 0.05) is 23.0 Å². The topological polar surface area (TPSA) is 80.1 Å². The van der Waals surface area contributed by atoms with Gasteiger partial charge in [-0.1, -0.05) is 6.07 Å². The number of halogens is 1. The van der Waals surface area contributed by atoms with Gasteiger partial charge in [0.2, 0.25) is 5.89 Å². The number of fused-ring (bicyclic) bond motifs is 1. The molecule has 29 heavy (non-hydrogen) atoms. The van der Waals surface area contributed by atoms with Gasteiger partial charge in [-0.15, -0.1) is 0 Å². The summed E-state index contributed by atoms with van der Waals surface area (Å²) in [6.45, 7) is 1.91. The van der Waals surface area contributed by atoms with Crippen LogP contribution in [0.25, 0.3) is 22.7 Å². The van der Waals surface area contributed by atoms with Crippen molar-refractivity contribution in [3.8, 4) is 11.5 Å². The van der Waals surface area contributed by atoms with Crippen molar-refractivity contribution in [3.63, 3.8) is 0 Å². The van der Waals surface area contributed by atoms with E-state index in [1.165, 1.54) is 24.3 Å². The van der Waals surface area contributed by atoms with Gasteiger partial charge in [0.1, 0.15) is 5.82 Å². The van der Waals surface area contributed by atoms with Gasteiger partial charge in [-0.2, -0.15) is 4.98 Å². The van der Waals surface area contributed by atoms with Crippen LogP contribution in [0.4, 0.5) is 10.1 Å². The second-order valence-electron chi connectivity index (χ2n) is 6.29. The smallest absolute Gasteiger partial charge is 0.257 e. The first kappa shape index (κ1) is 18.7. The Morgan fingerprint density at radius 2 is 1.93 bits per heavy atom. The number of aryl methyl sites for hydroxylation is 1. The lowest BCUT2D eigenvalue weighted by molar-refractivity contribution is 0.0977. The normalized spacial score (nSPS) is 10.7. The van der Waals surface area contributed by atoms with Crippen molar-refractivity contribution in [2.24, 2.45) is 0 Å². The number of anilines is 1. The Balaban J connectivity index is 1.52. The molecule has 2 aromatic heterocycles. The van der Waals surface area contributed by atoms with E-state index in [0.29, 0.717) is 28.4 Å². The molecule has 8 heteroatoms.